The van der Waals surface area contributed by atoms with Crippen molar-refractivity contribution in [2.75, 3.05) is 17.7 Å². The zero-order chi connectivity index (χ0) is 23.1. The Hall–Kier alpha value is -4.26. The summed E-state index contributed by atoms with van der Waals surface area (Å²) in [6.45, 7) is 3.96. The summed E-state index contributed by atoms with van der Waals surface area (Å²) in [5.74, 6) is 0.688. The number of nitrogens with zero attached hydrogens (tertiary/aromatic N) is 5. The first kappa shape index (κ1) is 22.4. The third-order valence-corrected chi connectivity index (χ3v) is 4.48. The molecule has 0 bridgehead atoms. The number of rotatable bonds is 9. The maximum atomic E-state index is 11.9. The molecule has 0 radical (unpaired) electrons. The van der Waals surface area contributed by atoms with E-state index in [1.807, 2.05) is 38.1 Å². The second kappa shape index (κ2) is 10.2. The highest BCUT2D eigenvalue weighted by Gasteiger charge is 2.21. The maximum absolute atomic E-state index is 11.9. The lowest BCUT2D eigenvalue weighted by molar-refractivity contribution is -0.119. The van der Waals surface area contributed by atoms with E-state index in [1.54, 1.807) is 18.5 Å². The van der Waals surface area contributed by atoms with E-state index >= 15 is 0 Å². The zero-order valence-electron chi connectivity index (χ0n) is 18.0. The Labute approximate surface area is 185 Å². The molecular weight excluding hydrogens is 408 g/mol. The van der Waals surface area contributed by atoms with Gasteiger partial charge in [-0.2, -0.15) is 15.2 Å². The van der Waals surface area contributed by atoms with Crippen molar-refractivity contribution in [2.45, 2.75) is 26.3 Å². The SMILES string of the molecule is COc1nc(NC(CC(C)C)C(N)=O)nc(Nc2cccc(-c3ncccn3)c2)c1C#N. The number of carbonyl (C=O) groups excluding carboxylic acids is 1. The fourth-order valence-electron chi connectivity index (χ4n) is 3.04. The fourth-order valence-corrected chi connectivity index (χ4v) is 3.04. The smallest absolute Gasteiger partial charge is 0.240 e. The molecule has 10 nitrogen and oxygen atoms in total. The summed E-state index contributed by atoms with van der Waals surface area (Å²) in [5.41, 5.74) is 7.10. The lowest BCUT2D eigenvalue weighted by Crippen LogP contribution is -2.37. The first-order chi connectivity index (χ1) is 15.4. The minimum atomic E-state index is -0.668. The molecule has 0 spiro atoms. The lowest BCUT2D eigenvalue weighted by atomic mass is 10.0. The van der Waals surface area contributed by atoms with Gasteiger partial charge in [-0.05, 0) is 30.5 Å². The molecule has 2 heterocycles. The van der Waals surface area contributed by atoms with Crippen molar-refractivity contribution in [3.8, 4) is 23.3 Å². The van der Waals surface area contributed by atoms with Gasteiger partial charge in [0, 0.05) is 23.6 Å². The van der Waals surface area contributed by atoms with Crippen LogP contribution >= 0.6 is 0 Å². The molecule has 1 amide bonds. The standard InChI is InChI=1S/C22H24N8O2/c1-13(2)10-17(18(24)31)28-22-29-20(16(12-23)21(30-22)32-3)27-15-7-4-6-14(11-15)19-25-8-5-9-26-19/h4-9,11,13,17H,10H2,1-3H3,(H2,24,31)(H2,27,28,29,30). The quantitative estimate of drug-likeness (QED) is 0.463. The van der Waals surface area contributed by atoms with Crippen LogP contribution in [0.25, 0.3) is 11.4 Å². The summed E-state index contributed by atoms with van der Waals surface area (Å²) in [5, 5.41) is 15.7. The van der Waals surface area contributed by atoms with Crippen LogP contribution in [0.4, 0.5) is 17.5 Å². The third kappa shape index (κ3) is 5.46. The summed E-state index contributed by atoms with van der Waals surface area (Å²) >= 11 is 0. The number of hydrogen-bond acceptors (Lipinski definition) is 9. The largest absolute Gasteiger partial charge is 0.480 e. The average molecular weight is 432 g/mol. The van der Waals surface area contributed by atoms with Crippen LogP contribution in [0.5, 0.6) is 5.88 Å². The molecule has 0 aliphatic heterocycles. The molecule has 1 aromatic carbocycles. The van der Waals surface area contributed by atoms with Crippen molar-refractivity contribution < 1.29 is 9.53 Å². The number of primary amides is 1. The Kier molecular flexibility index (Phi) is 7.13. The highest BCUT2D eigenvalue weighted by Crippen LogP contribution is 2.28. The Morgan fingerprint density at radius 3 is 2.59 bits per heavy atom. The van der Waals surface area contributed by atoms with Gasteiger partial charge in [0.2, 0.25) is 17.7 Å². The lowest BCUT2D eigenvalue weighted by Gasteiger charge is -2.19. The molecule has 0 saturated heterocycles. The van der Waals surface area contributed by atoms with Crippen molar-refractivity contribution in [1.29, 1.82) is 5.26 Å². The Bertz CT molecular complexity index is 1130. The van der Waals surface area contributed by atoms with E-state index < -0.39 is 11.9 Å². The summed E-state index contributed by atoms with van der Waals surface area (Å²) in [4.78, 5) is 29.0. The number of ether oxygens (including phenoxy) is 1. The van der Waals surface area contributed by atoms with Gasteiger partial charge in [0.25, 0.3) is 0 Å². The molecule has 4 N–H and O–H groups in total. The van der Waals surface area contributed by atoms with Crippen LogP contribution in [-0.2, 0) is 4.79 Å². The molecule has 1 atom stereocenters. The maximum Gasteiger partial charge on any atom is 0.240 e. The molecule has 10 heteroatoms. The summed E-state index contributed by atoms with van der Waals surface area (Å²) in [6, 6.07) is 10.5. The average Bonchev–Trinajstić information content (AvgIpc) is 2.78. The van der Waals surface area contributed by atoms with Crippen molar-refractivity contribution >= 4 is 23.4 Å². The highest BCUT2D eigenvalue weighted by molar-refractivity contribution is 5.82. The molecule has 0 aliphatic rings. The summed E-state index contributed by atoms with van der Waals surface area (Å²) in [6.07, 6.45) is 3.83. The van der Waals surface area contributed by atoms with Gasteiger partial charge in [-0.25, -0.2) is 9.97 Å². The third-order valence-electron chi connectivity index (χ3n) is 4.48. The van der Waals surface area contributed by atoms with Gasteiger partial charge in [-0.3, -0.25) is 4.79 Å². The molecule has 1 unspecified atom stereocenters. The van der Waals surface area contributed by atoms with Gasteiger partial charge in [-0.15, -0.1) is 0 Å². The molecular formula is C22H24N8O2. The molecule has 2 aromatic heterocycles. The zero-order valence-corrected chi connectivity index (χ0v) is 18.0. The van der Waals surface area contributed by atoms with Crippen LogP contribution in [0.3, 0.4) is 0 Å². The highest BCUT2D eigenvalue weighted by atomic mass is 16.5. The van der Waals surface area contributed by atoms with Crippen molar-refractivity contribution in [3.63, 3.8) is 0 Å². The van der Waals surface area contributed by atoms with Crippen molar-refractivity contribution in [3.05, 3.63) is 48.3 Å². The first-order valence-electron chi connectivity index (χ1n) is 9.97. The molecule has 0 saturated carbocycles. The number of hydrogen-bond donors (Lipinski definition) is 3. The number of benzene rings is 1. The van der Waals surface area contributed by atoms with Crippen LogP contribution in [-0.4, -0.2) is 39.0 Å². The molecule has 164 valence electrons. The number of anilines is 3. The Morgan fingerprint density at radius 2 is 1.97 bits per heavy atom. The van der Waals surface area contributed by atoms with Gasteiger partial charge in [0.05, 0.1) is 7.11 Å². The Morgan fingerprint density at radius 1 is 1.22 bits per heavy atom. The number of nitrogens with one attached hydrogen (secondary N) is 2. The number of aromatic nitrogens is 4. The number of nitriles is 1. The summed E-state index contributed by atoms with van der Waals surface area (Å²) < 4.78 is 5.28. The molecule has 32 heavy (non-hydrogen) atoms. The van der Waals surface area contributed by atoms with Crippen molar-refractivity contribution in [2.24, 2.45) is 11.7 Å². The number of amides is 1. The van der Waals surface area contributed by atoms with E-state index in [0.717, 1.165) is 5.56 Å². The fraction of sp³-hybridized carbons (Fsp3) is 0.273. The molecule has 3 rings (SSSR count). The van der Waals surface area contributed by atoms with E-state index in [9.17, 15) is 10.1 Å². The monoisotopic (exact) mass is 432 g/mol. The Balaban J connectivity index is 1.96. The van der Waals surface area contributed by atoms with E-state index in [2.05, 4.69) is 36.6 Å². The van der Waals surface area contributed by atoms with Crippen LogP contribution in [0.2, 0.25) is 0 Å². The van der Waals surface area contributed by atoms with E-state index in [0.29, 0.717) is 17.9 Å². The van der Waals surface area contributed by atoms with Gasteiger partial charge in [-0.1, -0.05) is 26.0 Å². The topological polar surface area (TPSA) is 152 Å². The van der Waals surface area contributed by atoms with Crippen molar-refractivity contribution in [1.82, 2.24) is 19.9 Å². The van der Waals surface area contributed by atoms with Crippen LogP contribution < -0.4 is 21.1 Å². The predicted molar refractivity (Wildman–Crippen MR) is 120 cm³/mol. The molecule has 0 fully saturated rings. The van der Waals surface area contributed by atoms with Gasteiger partial charge in [0.1, 0.15) is 12.1 Å². The van der Waals surface area contributed by atoms with E-state index in [-0.39, 0.29) is 29.1 Å². The van der Waals surface area contributed by atoms with Crippen LogP contribution in [0, 0.1) is 17.2 Å². The first-order valence-corrected chi connectivity index (χ1v) is 9.97. The minimum absolute atomic E-state index is 0.0721. The van der Waals surface area contributed by atoms with Crippen LogP contribution in [0.1, 0.15) is 25.8 Å². The normalized spacial score (nSPS) is 11.5. The second-order valence-corrected chi connectivity index (χ2v) is 7.40. The van der Waals surface area contributed by atoms with Gasteiger partial charge >= 0.3 is 0 Å². The van der Waals surface area contributed by atoms with E-state index in [4.69, 9.17) is 10.5 Å². The number of nitrogens with two attached hydrogens (primary N) is 1. The van der Waals surface area contributed by atoms with Gasteiger partial charge < -0.3 is 21.1 Å². The predicted octanol–water partition coefficient (Wildman–Crippen LogP) is 2.87. The van der Waals surface area contributed by atoms with Gasteiger partial charge in [0.15, 0.2) is 17.2 Å². The molecule has 0 aliphatic carbocycles. The minimum Gasteiger partial charge on any atom is -0.480 e. The number of methoxy groups -OCH3 is 1. The van der Waals surface area contributed by atoms with Crippen LogP contribution in [0.15, 0.2) is 42.7 Å². The second-order valence-electron chi connectivity index (χ2n) is 7.40. The molecule has 3 aromatic rings. The van der Waals surface area contributed by atoms with E-state index in [1.165, 1.54) is 7.11 Å². The summed E-state index contributed by atoms with van der Waals surface area (Å²) in [7, 11) is 1.41. The number of carbonyl (C=O) groups is 1.